The quantitative estimate of drug-likeness (QED) is 0.597. The number of ether oxygens (including phenoxy) is 2. The summed E-state index contributed by atoms with van der Waals surface area (Å²) >= 11 is 0. The van der Waals surface area contributed by atoms with Crippen molar-refractivity contribution in [3.8, 4) is 5.75 Å². The summed E-state index contributed by atoms with van der Waals surface area (Å²) in [4.78, 5) is 34.9. The smallest absolute Gasteiger partial charge is 0.425 e. The fourth-order valence-corrected chi connectivity index (χ4v) is 2.56. The Morgan fingerprint density at radius 1 is 1.22 bits per heavy atom. The average molecular weight is 378 g/mol. The lowest BCUT2D eigenvalue weighted by Crippen LogP contribution is -2.41. The molecule has 0 N–H and O–H groups in total. The summed E-state index contributed by atoms with van der Waals surface area (Å²) in [5, 5.41) is 10.6. The summed E-state index contributed by atoms with van der Waals surface area (Å²) in [6.07, 6.45) is -1.94. The number of nitrogens with zero attached hydrogens (tertiary/aromatic N) is 2. The van der Waals surface area contributed by atoms with E-state index in [1.807, 2.05) is 0 Å². The average Bonchev–Trinajstić information content (AvgIpc) is 2.99. The van der Waals surface area contributed by atoms with Crippen LogP contribution in [-0.2, 0) is 11.2 Å². The predicted octanol–water partition coefficient (Wildman–Crippen LogP) is 3.44. The minimum atomic E-state index is -1.04. The SMILES string of the molecule is O=C1OCC(Cc2ccc(F)c(F)c2)N1C(=O)Oc1ccc([N+](=O)[O-])cc1. The molecule has 0 saturated carbocycles. The lowest BCUT2D eigenvalue weighted by molar-refractivity contribution is -0.384. The maximum Gasteiger partial charge on any atom is 0.425 e. The van der Waals surface area contributed by atoms with Crippen molar-refractivity contribution in [3.05, 3.63) is 69.8 Å². The largest absolute Gasteiger partial charge is 0.447 e. The van der Waals surface area contributed by atoms with Crippen LogP contribution in [0.5, 0.6) is 5.75 Å². The van der Waals surface area contributed by atoms with Gasteiger partial charge in [-0.15, -0.1) is 0 Å². The number of amides is 2. The van der Waals surface area contributed by atoms with Gasteiger partial charge in [0.2, 0.25) is 0 Å². The first-order chi connectivity index (χ1) is 12.8. The molecule has 1 unspecified atom stereocenters. The monoisotopic (exact) mass is 378 g/mol. The molecule has 0 bridgehead atoms. The molecule has 2 amide bonds. The molecule has 1 aliphatic heterocycles. The molecule has 0 spiro atoms. The molecule has 0 aromatic heterocycles. The Balaban J connectivity index is 1.72. The fraction of sp³-hybridized carbons (Fsp3) is 0.176. The van der Waals surface area contributed by atoms with Gasteiger partial charge in [0.15, 0.2) is 11.6 Å². The van der Waals surface area contributed by atoms with Crippen LogP contribution in [-0.4, -0.2) is 34.7 Å². The Morgan fingerprint density at radius 3 is 2.56 bits per heavy atom. The van der Waals surface area contributed by atoms with E-state index in [-0.39, 0.29) is 24.5 Å². The standard InChI is InChI=1S/C17H12F2N2O6/c18-14-6-1-10(8-15(14)19)7-12-9-26-16(22)20(12)17(23)27-13-4-2-11(3-5-13)21(24)25/h1-6,8,12H,7,9H2. The van der Waals surface area contributed by atoms with E-state index < -0.39 is 34.8 Å². The molecule has 0 aliphatic carbocycles. The number of non-ortho nitro benzene ring substituents is 1. The third-order valence-electron chi connectivity index (χ3n) is 3.87. The number of benzene rings is 2. The van der Waals surface area contributed by atoms with Crippen molar-refractivity contribution in [3.63, 3.8) is 0 Å². The molecule has 1 fully saturated rings. The fourth-order valence-electron chi connectivity index (χ4n) is 2.56. The van der Waals surface area contributed by atoms with Gasteiger partial charge in [-0.05, 0) is 36.2 Å². The van der Waals surface area contributed by atoms with Gasteiger partial charge in [0.1, 0.15) is 12.4 Å². The van der Waals surface area contributed by atoms with E-state index in [9.17, 15) is 28.5 Å². The summed E-state index contributed by atoms with van der Waals surface area (Å²) in [6, 6.07) is 7.19. The predicted molar refractivity (Wildman–Crippen MR) is 86.2 cm³/mol. The Hall–Kier alpha value is -3.56. The molecular weight excluding hydrogens is 366 g/mol. The summed E-state index contributed by atoms with van der Waals surface area (Å²) in [5.74, 6) is -2.05. The molecule has 1 atom stereocenters. The molecular formula is C17H12F2N2O6. The molecule has 2 aromatic rings. The van der Waals surface area contributed by atoms with Crippen molar-refractivity contribution in [1.29, 1.82) is 0 Å². The molecule has 27 heavy (non-hydrogen) atoms. The second kappa shape index (κ2) is 7.36. The van der Waals surface area contributed by atoms with Crippen LogP contribution in [0.1, 0.15) is 5.56 Å². The molecule has 10 heteroatoms. The van der Waals surface area contributed by atoms with E-state index in [4.69, 9.17) is 9.47 Å². The highest BCUT2D eigenvalue weighted by Crippen LogP contribution is 2.22. The van der Waals surface area contributed by atoms with Crippen LogP contribution < -0.4 is 4.74 Å². The minimum absolute atomic E-state index is 0.00289. The number of rotatable bonds is 4. The maximum absolute atomic E-state index is 13.3. The van der Waals surface area contributed by atoms with Gasteiger partial charge in [0.05, 0.1) is 11.0 Å². The van der Waals surface area contributed by atoms with E-state index in [0.717, 1.165) is 29.2 Å². The van der Waals surface area contributed by atoms with Crippen LogP contribution in [0.3, 0.4) is 0 Å². The van der Waals surface area contributed by atoms with Crippen molar-refractivity contribution >= 4 is 17.9 Å². The summed E-state index contributed by atoms with van der Waals surface area (Å²) in [7, 11) is 0. The second-order valence-electron chi connectivity index (χ2n) is 5.67. The molecule has 1 aliphatic rings. The van der Waals surface area contributed by atoms with Crippen LogP contribution in [0, 0.1) is 21.7 Å². The summed E-state index contributed by atoms with van der Waals surface area (Å²) < 4.78 is 36.2. The van der Waals surface area contributed by atoms with Crippen LogP contribution in [0.15, 0.2) is 42.5 Å². The highest BCUT2D eigenvalue weighted by atomic mass is 19.2. The first-order valence-electron chi connectivity index (χ1n) is 7.71. The van der Waals surface area contributed by atoms with Crippen LogP contribution in [0.2, 0.25) is 0 Å². The van der Waals surface area contributed by atoms with Crippen molar-refractivity contribution in [2.24, 2.45) is 0 Å². The number of carbonyl (C=O) groups excluding carboxylic acids is 2. The summed E-state index contributed by atoms with van der Waals surface area (Å²) in [6.45, 7) is -0.132. The van der Waals surface area contributed by atoms with E-state index in [1.54, 1.807) is 0 Å². The number of halogens is 2. The number of hydrogen-bond donors (Lipinski definition) is 0. The van der Waals surface area contributed by atoms with E-state index in [1.165, 1.54) is 18.2 Å². The van der Waals surface area contributed by atoms with Gasteiger partial charge in [0, 0.05) is 12.1 Å². The third-order valence-corrected chi connectivity index (χ3v) is 3.87. The lowest BCUT2D eigenvalue weighted by atomic mass is 10.1. The number of carbonyl (C=O) groups is 2. The van der Waals surface area contributed by atoms with Crippen molar-refractivity contribution in [1.82, 2.24) is 4.90 Å². The molecule has 0 radical (unpaired) electrons. The minimum Gasteiger partial charge on any atom is -0.447 e. The first kappa shape index (κ1) is 18.2. The highest BCUT2D eigenvalue weighted by molar-refractivity contribution is 5.90. The molecule has 1 saturated heterocycles. The molecule has 2 aromatic carbocycles. The van der Waals surface area contributed by atoms with Crippen molar-refractivity contribution in [2.45, 2.75) is 12.5 Å². The Morgan fingerprint density at radius 2 is 1.93 bits per heavy atom. The van der Waals surface area contributed by atoms with E-state index in [2.05, 4.69) is 0 Å². The zero-order chi connectivity index (χ0) is 19.6. The van der Waals surface area contributed by atoms with Crippen LogP contribution in [0.25, 0.3) is 0 Å². The zero-order valence-corrected chi connectivity index (χ0v) is 13.6. The number of nitro groups is 1. The maximum atomic E-state index is 13.3. The van der Waals surface area contributed by atoms with E-state index in [0.29, 0.717) is 5.56 Å². The van der Waals surface area contributed by atoms with Gasteiger partial charge in [0.25, 0.3) is 5.69 Å². The number of hydrogen-bond acceptors (Lipinski definition) is 6. The van der Waals surface area contributed by atoms with Gasteiger partial charge in [-0.3, -0.25) is 10.1 Å². The van der Waals surface area contributed by atoms with Crippen LogP contribution >= 0.6 is 0 Å². The summed E-state index contributed by atoms with van der Waals surface area (Å²) in [5.41, 5.74) is 0.178. The topological polar surface area (TPSA) is 99.0 Å². The molecule has 140 valence electrons. The molecule has 8 nitrogen and oxygen atoms in total. The van der Waals surface area contributed by atoms with Gasteiger partial charge in [-0.1, -0.05) is 6.07 Å². The van der Waals surface area contributed by atoms with Gasteiger partial charge in [-0.25, -0.2) is 23.3 Å². The second-order valence-corrected chi connectivity index (χ2v) is 5.67. The Labute approximate surface area is 151 Å². The number of cyclic esters (lactones) is 1. The normalized spacial score (nSPS) is 16.1. The first-order valence-corrected chi connectivity index (χ1v) is 7.71. The number of nitro benzene ring substituents is 1. The van der Waals surface area contributed by atoms with Gasteiger partial charge < -0.3 is 9.47 Å². The highest BCUT2D eigenvalue weighted by Gasteiger charge is 2.39. The Kier molecular flexibility index (Phi) is 4.97. The molecule has 1 heterocycles. The molecule has 3 rings (SSSR count). The third kappa shape index (κ3) is 4.00. The van der Waals surface area contributed by atoms with Gasteiger partial charge in [-0.2, -0.15) is 0 Å². The van der Waals surface area contributed by atoms with Crippen molar-refractivity contribution < 1.29 is 32.8 Å². The van der Waals surface area contributed by atoms with Gasteiger partial charge >= 0.3 is 12.2 Å². The Bertz CT molecular complexity index is 903. The van der Waals surface area contributed by atoms with Crippen LogP contribution in [0.4, 0.5) is 24.1 Å². The number of imide groups is 1. The van der Waals surface area contributed by atoms with E-state index >= 15 is 0 Å². The lowest BCUT2D eigenvalue weighted by Gasteiger charge is -2.19. The zero-order valence-electron chi connectivity index (χ0n) is 13.6. The van der Waals surface area contributed by atoms with Crippen molar-refractivity contribution in [2.75, 3.05) is 6.61 Å².